The van der Waals surface area contributed by atoms with E-state index < -0.39 is 52.4 Å². The summed E-state index contributed by atoms with van der Waals surface area (Å²) < 4.78 is 35.9. The van der Waals surface area contributed by atoms with Crippen LogP contribution in [0.3, 0.4) is 0 Å². The van der Waals surface area contributed by atoms with E-state index in [1.165, 1.54) is 0 Å². The van der Waals surface area contributed by atoms with Crippen molar-refractivity contribution < 1.29 is 37.8 Å². The summed E-state index contributed by atoms with van der Waals surface area (Å²) in [5, 5.41) is 30.2. The van der Waals surface area contributed by atoms with Crippen LogP contribution in [-0.4, -0.2) is 70.6 Å². The highest BCUT2D eigenvalue weighted by Crippen LogP contribution is 2.24. The fourth-order valence-electron chi connectivity index (χ4n) is 1.73. The van der Waals surface area contributed by atoms with E-state index in [9.17, 15) is 23.4 Å². The van der Waals surface area contributed by atoms with Crippen LogP contribution in [0.5, 0.6) is 0 Å². The smallest absolute Gasteiger partial charge is 0.294 e. The number of ether oxygens (including phenoxy) is 1. The molecule has 0 aromatic rings. The maximum Gasteiger partial charge on any atom is 0.294 e. The van der Waals surface area contributed by atoms with Gasteiger partial charge in [0.05, 0.1) is 6.61 Å². The minimum absolute atomic E-state index is 0.675. The first-order valence-electron chi connectivity index (χ1n) is 5.04. The molecule has 0 saturated carbocycles. The van der Waals surface area contributed by atoms with E-state index >= 15 is 0 Å². The first-order valence-corrected chi connectivity index (χ1v) is 6.54. The minimum atomic E-state index is -4.74. The van der Waals surface area contributed by atoms with E-state index in [2.05, 4.69) is 5.32 Å². The third-order valence-electron chi connectivity index (χ3n) is 2.54. The van der Waals surface area contributed by atoms with Crippen LogP contribution in [0.4, 0.5) is 0 Å². The Kier molecular flexibility index (Phi) is 4.64. The minimum Gasteiger partial charge on any atom is -0.394 e. The Balaban J connectivity index is 3.06. The summed E-state index contributed by atoms with van der Waals surface area (Å²) in [6, 6.07) is -1.53. The van der Waals surface area contributed by atoms with Gasteiger partial charge in [-0.15, -0.1) is 0 Å². The van der Waals surface area contributed by atoms with Gasteiger partial charge in [0.2, 0.25) is 11.3 Å². The van der Waals surface area contributed by atoms with Crippen LogP contribution in [-0.2, 0) is 19.6 Å². The molecule has 0 aromatic heterocycles. The molecule has 5 atom stereocenters. The van der Waals surface area contributed by atoms with Crippen LogP contribution in [0.15, 0.2) is 0 Å². The van der Waals surface area contributed by atoms with Gasteiger partial charge < -0.3 is 25.4 Å². The summed E-state index contributed by atoms with van der Waals surface area (Å²) in [7, 11) is -4.74. The number of nitrogens with one attached hydrogen (secondary N) is 1. The zero-order valence-electron chi connectivity index (χ0n) is 9.42. The van der Waals surface area contributed by atoms with Gasteiger partial charge in [0.1, 0.15) is 24.4 Å². The largest absolute Gasteiger partial charge is 0.394 e. The summed E-state index contributed by atoms with van der Waals surface area (Å²) >= 11 is 0. The molecule has 5 N–H and O–H groups in total. The van der Waals surface area contributed by atoms with Gasteiger partial charge in [-0.05, 0) is 0 Å². The van der Waals surface area contributed by atoms with E-state index in [-0.39, 0.29) is 0 Å². The Labute approximate surface area is 103 Å². The Hall–Kier alpha value is -0.780. The lowest BCUT2D eigenvalue weighted by Gasteiger charge is -2.40. The summed E-state index contributed by atoms with van der Waals surface area (Å²) in [6.45, 7) is 0.315. The molecule has 1 rings (SSSR count). The quantitative estimate of drug-likeness (QED) is 0.340. The molecule has 1 amide bonds. The summed E-state index contributed by atoms with van der Waals surface area (Å²) in [6.07, 6.45) is -4.67. The lowest BCUT2D eigenvalue weighted by Crippen LogP contribution is -2.65. The molecular weight excluding hydrogens is 270 g/mol. The summed E-state index contributed by atoms with van der Waals surface area (Å²) in [4.78, 5) is 10.9. The number of amides is 1. The molecule has 1 saturated heterocycles. The molecule has 10 heteroatoms. The highest BCUT2D eigenvalue weighted by molar-refractivity contribution is 7.86. The van der Waals surface area contributed by atoms with Crippen molar-refractivity contribution in [1.82, 2.24) is 5.32 Å². The molecule has 0 aliphatic carbocycles. The Morgan fingerprint density at radius 3 is 2.28 bits per heavy atom. The lowest BCUT2D eigenvalue weighted by molar-refractivity contribution is -0.176. The van der Waals surface area contributed by atoms with Crippen molar-refractivity contribution in [2.45, 2.75) is 36.7 Å². The number of aliphatic hydroxyl groups excluding tert-OH is 3. The first-order chi connectivity index (χ1) is 8.18. The second-order valence-electron chi connectivity index (χ2n) is 3.95. The van der Waals surface area contributed by atoms with E-state index in [4.69, 9.17) is 14.4 Å². The van der Waals surface area contributed by atoms with Crippen molar-refractivity contribution in [2.24, 2.45) is 0 Å². The second kappa shape index (κ2) is 5.47. The maximum absolute atomic E-state index is 11.1. The second-order valence-corrected chi connectivity index (χ2v) is 5.44. The molecule has 1 aliphatic rings. The Bertz CT molecular complexity index is 409. The number of hydrogen-bond acceptors (Lipinski definition) is 7. The molecule has 0 aromatic carbocycles. The topological polar surface area (TPSA) is 153 Å². The molecule has 0 bridgehead atoms. The van der Waals surface area contributed by atoms with E-state index in [1.54, 1.807) is 0 Å². The van der Waals surface area contributed by atoms with Gasteiger partial charge in [-0.25, -0.2) is 0 Å². The fourth-order valence-corrected chi connectivity index (χ4v) is 2.61. The normalized spacial score (nSPS) is 37.3. The molecule has 1 heterocycles. The van der Waals surface area contributed by atoms with Gasteiger partial charge in [0, 0.05) is 6.92 Å². The lowest BCUT2D eigenvalue weighted by atomic mass is 9.98. The predicted molar refractivity (Wildman–Crippen MR) is 56.9 cm³/mol. The highest BCUT2D eigenvalue weighted by Gasteiger charge is 2.49. The van der Waals surface area contributed by atoms with Gasteiger partial charge in [-0.1, -0.05) is 0 Å². The third-order valence-corrected chi connectivity index (χ3v) is 3.54. The molecule has 106 valence electrons. The molecule has 0 unspecified atom stereocenters. The molecular formula is C8H15NO8S. The van der Waals surface area contributed by atoms with Gasteiger partial charge in [0.25, 0.3) is 10.1 Å². The van der Waals surface area contributed by atoms with Gasteiger partial charge >= 0.3 is 0 Å². The number of hydrogen-bond donors (Lipinski definition) is 5. The fraction of sp³-hybridized carbons (Fsp3) is 0.875. The standard InChI is InChI=1S/C8H15NO8S/c1-3(11)9-5-7(13)6(12)4(2-10)17-8(5)18(14,15)16/h4-8,10,12-13H,2H2,1H3,(H,9,11)(H,14,15,16)/t4-,5-,6-,7-,8-/m1/s1. The number of carbonyl (C=O) groups excluding carboxylic acids is 1. The van der Waals surface area contributed by atoms with Crippen LogP contribution < -0.4 is 5.32 Å². The third kappa shape index (κ3) is 3.16. The molecule has 0 spiro atoms. The molecule has 1 fully saturated rings. The molecule has 18 heavy (non-hydrogen) atoms. The zero-order valence-corrected chi connectivity index (χ0v) is 10.2. The van der Waals surface area contributed by atoms with Gasteiger partial charge in [-0.3, -0.25) is 9.35 Å². The average molecular weight is 285 g/mol. The summed E-state index contributed by atoms with van der Waals surface area (Å²) in [5.41, 5.74) is -1.96. The van der Waals surface area contributed by atoms with E-state index in [0.717, 1.165) is 6.92 Å². The van der Waals surface area contributed by atoms with Crippen LogP contribution >= 0.6 is 0 Å². The van der Waals surface area contributed by atoms with Crippen molar-refractivity contribution in [2.75, 3.05) is 6.61 Å². The van der Waals surface area contributed by atoms with Crippen molar-refractivity contribution >= 4 is 16.0 Å². The van der Waals surface area contributed by atoms with Gasteiger partial charge in [-0.2, -0.15) is 8.42 Å². The van der Waals surface area contributed by atoms with Crippen LogP contribution in [0, 0.1) is 0 Å². The van der Waals surface area contributed by atoms with Gasteiger partial charge in [0.15, 0.2) is 0 Å². The van der Waals surface area contributed by atoms with Crippen LogP contribution in [0.2, 0.25) is 0 Å². The SMILES string of the molecule is CC(=O)N[C@@H]1[C@@H](O)[C@H](O)[C@@H](CO)O[C@@H]1S(=O)(=O)O. The maximum atomic E-state index is 11.1. The zero-order chi connectivity index (χ0) is 14.1. The van der Waals surface area contributed by atoms with Crippen molar-refractivity contribution in [1.29, 1.82) is 0 Å². The highest BCUT2D eigenvalue weighted by atomic mass is 32.2. The van der Waals surface area contributed by atoms with Crippen molar-refractivity contribution in [3.63, 3.8) is 0 Å². The van der Waals surface area contributed by atoms with Crippen molar-refractivity contribution in [3.8, 4) is 0 Å². The van der Waals surface area contributed by atoms with E-state index in [1.807, 2.05) is 0 Å². The molecule has 9 nitrogen and oxygen atoms in total. The first kappa shape index (κ1) is 15.3. The van der Waals surface area contributed by atoms with Crippen LogP contribution in [0.25, 0.3) is 0 Å². The number of rotatable bonds is 3. The molecule has 0 radical (unpaired) electrons. The average Bonchev–Trinajstić information content (AvgIpc) is 2.23. The number of aliphatic hydroxyl groups is 3. The predicted octanol–water partition coefficient (Wildman–Crippen LogP) is -3.18. The molecule has 1 aliphatic heterocycles. The van der Waals surface area contributed by atoms with Crippen molar-refractivity contribution in [3.05, 3.63) is 0 Å². The Morgan fingerprint density at radius 1 is 1.33 bits per heavy atom. The summed E-state index contributed by atoms with van der Waals surface area (Å²) in [5.74, 6) is -0.675. The monoisotopic (exact) mass is 285 g/mol. The number of carbonyl (C=O) groups is 1. The van der Waals surface area contributed by atoms with Crippen LogP contribution in [0.1, 0.15) is 6.92 Å². The Morgan fingerprint density at radius 2 is 1.89 bits per heavy atom. The van der Waals surface area contributed by atoms with E-state index in [0.29, 0.717) is 0 Å².